The minimum atomic E-state index is -3.76. The fourth-order valence-electron chi connectivity index (χ4n) is 3.65. The first kappa shape index (κ1) is 23.8. The summed E-state index contributed by atoms with van der Waals surface area (Å²) in [6.07, 6.45) is 1.51. The fourth-order valence-corrected chi connectivity index (χ4v) is 4.70. The van der Waals surface area contributed by atoms with E-state index in [1.807, 2.05) is 20.8 Å². The van der Waals surface area contributed by atoms with Crippen molar-refractivity contribution in [1.82, 2.24) is 10.2 Å². The van der Waals surface area contributed by atoms with E-state index < -0.39 is 10.0 Å². The van der Waals surface area contributed by atoms with Crippen LogP contribution in [0.5, 0.6) is 0 Å². The lowest BCUT2D eigenvalue weighted by molar-refractivity contribution is -0.126. The van der Waals surface area contributed by atoms with Crippen LogP contribution in [-0.2, 0) is 14.8 Å². The molecule has 1 aliphatic rings. The van der Waals surface area contributed by atoms with Gasteiger partial charge in [-0.1, -0.05) is 37.6 Å². The smallest absolute Gasteiger partial charge is 0.261 e. The van der Waals surface area contributed by atoms with Gasteiger partial charge >= 0.3 is 0 Å². The zero-order valence-electron chi connectivity index (χ0n) is 18.8. The molecule has 3 rings (SSSR count). The Hall–Kier alpha value is -2.87. The number of hydrogen-bond donors (Lipinski definition) is 2. The van der Waals surface area contributed by atoms with Crippen LogP contribution in [-0.4, -0.2) is 44.8 Å². The molecule has 1 unspecified atom stereocenters. The Morgan fingerprint density at radius 2 is 1.84 bits per heavy atom. The number of anilines is 1. The quantitative estimate of drug-likeness (QED) is 0.666. The molecule has 0 bridgehead atoms. The summed E-state index contributed by atoms with van der Waals surface area (Å²) in [5, 5.41) is 2.95. The molecule has 0 aromatic heterocycles. The third-order valence-corrected chi connectivity index (χ3v) is 6.85. The van der Waals surface area contributed by atoms with E-state index in [0.29, 0.717) is 36.8 Å². The highest BCUT2D eigenvalue weighted by Crippen LogP contribution is 2.22. The van der Waals surface area contributed by atoms with Crippen molar-refractivity contribution in [1.29, 1.82) is 0 Å². The van der Waals surface area contributed by atoms with Crippen LogP contribution < -0.4 is 10.0 Å². The molecule has 0 spiro atoms. The van der Waals surface area contributed by atoms with E-state index in [4.69, 9.17) is 0 Å². The van der Waals surface area contributed by atoms with Crippen molar-refractivity contribution in [3.8, 4) is 0 Å². The SMILES string of the molecule is Cc1ccc(S(=O)(=O)Nc2cccc(C(=O)N3CCCC(C(=O)NCC(C)C)C3)c2)cc1. The fraction of sp³-hybridized carbons (Fsp3) is 0.417. The highest BCUT2D eigenvalue weighted by atomic mass is 32.2. The maximum atomic E-state index is 13.1. The van der Waals surface area contributed by atoms with Gasteiger partial charge in [-0.05, 0) is 56.0 Å². The molecule has 172 valence electrons. The number of piperidine rings is 1. The standard InChI is InChI=1S/C24H31N3O4S/c1-17(2)15-25-23(28)20-7-5-13-27(16-20)24(29)19-6-4-8-21(14-19)26-32(30,31)22-11-9-18(3)10-12-22/h4,6,8-12,14,17,20,26H,5,7,13,15-16H2,1-3H3,(H,25,28). The van der Waals surface area contributed by atoms with Gasteiger partial charge in [-0.15, -0.1) is 0 Å². The van der Waals surface area contributed by atoms with Crippen molar-refractivity contribution in [3.05, 3.63) is 59.7 Å². The molecule has 8 heteroatoms. The second kappa shape index (κ2) is 10.2. The van der Waals surface area contributed by atoms with Gasteiger partial charge in [-0.3, -0.25) is 14.3 Å². The zero-order chi connectivity index (χ0) is 23.3. The molecule has 0 aliphatic carbocycles. The van der Waals surface area contributed by atoms with Crippen LogP contribution >= 0.6 is 0 Å². The average molecular weight is 458 g/mol. The van der Waals surface area contributed by atoms with Crippen molar-refractivity contribution in [2.24, 2.45) is 11.8 Å². The van der Waals surface area contributed by atoms with E-state index in [0.717, 1.165) is 18.4 Å². The molecule has 2 N–H and O–H groups in total. The molecule has 0 radical (unpaired) electrons. The van der Waals surface area contributed by atoms with Crippen LogP contribution in [0.15, 0.2) is 53.4 Å². The van der Waals surface area contributed by atoms with Crippen molar-refractivity contribution in [2.75, 3.05) is 24.4 Å². The van der Waals surface area contributed by atoms with Crippen molar-refractivity contribution >= 4 is 27.5 Å². The summed E-state index contributed by atoms with van der Waals surface area (Å²) >= 11 is 0. The number of amides is 2. The molecule has 0 saturated carbocycles. The Morgan fingerprint density at radius 3 is 2.53 bits per heavy atom. The molecule has 32 heavy (non-hydrogen) atoms. The average Bonchev–Trinajstić information content (AvgIpc) is 2.77. The molecule has 2 amide bonds. The van der Waals surface area contributed by atoms with Crippen molar-refractivity contribution in [2.45, 2.75) is 38.5 Å². The molecule has 1 saturated heterocycles. The number of hydrogen-bond acceptors (Lipinski definition) is 4. The second-order valence-electron chi connectivity index (χ2n) is 8.73. The highest BCUT2D eigenvalue weighted by Gasteiger charge is 2.29. The summed E-state index contributed by atoms with van der Waals surface area (Å²) in [6.45, 7) is 7.52. The minimum absolute atomic E-state index is 0.0178. The lowest BCUT2D eigenvalue weighted by Gasteiger charge is -2.32. The molecular weight excluding hydrogens is 426 g/mol. The Bertz CT molecular complexity index is 1060. The van der Waals surface area contributed by atoms with Gasteiger partial charge in [-0.2, -0.15) is 0 Å². The number of carbonyl (C=O) groups is 2. The third kappa shape index (κ3) is 6.09. The summed E-state index contributed by atoms with van der Waals surface area (Å²) in [5.41, 5.74) is 1.67. The van der Waals surface area contributed by atoms with Gasteiger partial charge < -0.3 is 10.2 Å². The zero-order valence-corrected chi connectivity index (χ0v) is 19.6. The summed E-state index contributed by atoms with van der Waals surface area (Å²) in [7, 11) is -3.76. The topological polar surface area (TPSA) is 95.6 Å². The first-order chi connectivity index (χ1) is 15.2. The minimum Gasteiger partial charge on any atom is -0.356 e. The normalized spacial score (nSPS) is 16.6. The van der Waals surface area contributed by atoms with Crippen LogP contribution in [0.25, 0.3) is 0 Å². The number of likely N-dealkylation sites (tertiary alicyclic amines) is 1. The van der Waals surface area contributed by atoms with Crippen molar-refractivity contribution in [3.63, 3.8) is 0 Å². The van der Waals surface area contributed by atoms with Gasteiger partial charge in [0.05, 0.1) is 10.8 Å². The number of rotatable bonds is 7. The first-order valence-corrected chi connectivity index (χ1v) is 12.4. The number of benzene rings is 2. The number of nitrogens with one attached hydrogen (secondary N) is 2. The van der Waals surface area contributed by atoms with Crippen LogP contribution in [0.3, 0.4) is 0 Å². The number of carbonyl (C=O) groups excluding carboxylic acids is 2. The Labute approximate surface area is 190 Å². The molecule has 2 aromatic carbocycles. The lowest BCUT2D eigenvalue weighted by Crippen LogP contribution is -2.46. The lowest BCUT2D eigenvalue weighted by atomic mass is 9.96. The van der Waals surface area contributed by atoms with Crippen LogP contribution in [0, 0.1) is 18.8 Å². The van der Waals surface area contributed by atoms with Gasteiger partial charge in [0.15, 0.2) is 0 Å². The number of nitrogens with zero attached hydrogens (tertiary/aromatic N) is 1. The summed E-state index contributed by atoms with van der Waals surface area (Å²) in [5.74, 6) is -0.0834. The van der Waals surface area contributed by atoms with E-state index in [1.165, 1.54) is 6.07 Å². The largest absolute Gasteiger partial charge is 0.356 e. The molecule has 1 heterocycles. The predicted molar refractivity (Wildman–Crippen MR) is 125 cm³/mol. The number of sulfonamides is 1. The van der Waals surface area contributed by atoms with E-state index in [9.17, 15) is 18.0 Å². The second-order valence-corrected chi connectivity index (χ2v) is 10.4. The van der Waals surface area contributed by atoms with Crippen LogP contribution in [0.1, 0.15) is 42.6 Å². The molecule has 1 aliphatic heterocycles. The summed E-state index contributed by atoms with van der Waals surface area (Å²) in [6, 6.07) is 13.0. The monoisotopic (exact) mass is 457 g/mol. The van der Waals surface area contributed by atoms with E-state index in [1.54, 1.807) is 47.4 Å². The van der Waals surface area contributed by atoms with Crippen molar-refractivity contribution < 1.29 is 18.0 Å². The van der Waals surface area contributed by atoms with E-state index in [2.05, 4.69) is 10.0 Å². The Balaban J connectivity index is 1.69. The Morgan fingerprint density at radius 1 is 1.12 bits per heavy atom. The van der Waals surface area contributed by atoms with Gasteiger partial charge in [0.1, 0.15) is 0 Å². The van der Waals surface area contributed by atoms with E-state index in [-0.39, 0.29) is 22.6 Å². The molecule has 7 nitrogen and oxygen atoms in total. The van der Waals surface area contributed by atoms with E-state index >= 15 is 0 Å². The first-order valence-electron chi connectivity index (χ1n) is 10.9. The maximum Gasteiger partial charge on any atom is 0.261 e. The van der Waals surface area contributed by atoms with Gasteiger partial charge in [-0.25, -0.2) is 8.42 Å². The van der Waals surface area contributed by atoms with Gasteiger partial charge in [0.25, 0.3) is 15.9 Å². The van der Waals surface area contributed by atoms with Gasteiger partial charge in [0.2, 0.25) is 5.91 Å². The molecular formula is C24H31N3O4S. The van der Waals surface area contributed by atoms with Crippen LogP contribution in [0.2, 0.25) is 0 Å². The molecule has 1 fully saturated rings. The summed E-state index contributed by atoms with van der Waals surface area (Å²) < 4.78 is 27.9. The molecule has 2 aromatic rings. The van der Waals surface area contributed by atoms with Crippen LogP contribution in [0.4, 0.5) is 5.69 Å². The molecule has 1 atom stereocenters. The Kier molecular flexibility index (Phi) is 7.56. The predicted octanol–water partition coefficient (Wildman–Crippen LogP) is 3.42. The highest BCUT2D eigenvalue weighted by molar-refractivity contribution is 7.92. The number of aryl methyl sites for hydroxylation is 1. The maximum absolute atomic E-state index is 13.1. The summed E-state index contributed by atoms with van der Waals surface area (Å²) in [4.78, 5) is 27.4. The third-order valence-electron chi connectivity index (χ3n) is 5.46. The van der Waals surface area contributed by atoms with Gasteiger partial charge in [0, 0.05) is 30.9 Å².